The molecule has 8 heteroatoms. The summed E-state index contributed by atoms with van der Waals surface area (Å²) in [5.74, 6) is -0.703. The highest BCUT2D eigenvalue weighted by atomic mass is 16.5. The number of aromatic nitrogens is 3. The Labute approximate surface area is 195 Å². The van der Waals surface area contributed by atoms with Crippen LogP contribution in [0.25, 0.3) is 11.3 Å². The molecular weight excluding hydrogens is 430 g/mol. The van der Waals surface area contributed by atoms with Crippen LogP contribution < -0.4 is 10.6 Å². The van der Waals surface area contributed by atoms with Gasteiger partial charge >= 0.3 is 5.97 Å². The molecule has 0 atom stereocenters. The Hall–Kier alpha value is -4.72. The van der Waals surface area contributed by atoms with Crippen LogP contribution in [0, 0.1) is 0 Å². The third-order valence-corrected chi connectivity index (χ3v) is 5.51. The number of methoxy groups -OCH3 is 1. The maximum atomic E-state index is 13.1. The molecule has 168 valence electrons. The first-order valence-electron chi connectivity index (χ1n) is 10.7. The van der Waals surface area contributed by atoms with Crippen molar-refractivity contribution >= 4 is 34.5 Å². The summed E-state index contributed by atoms with van der Waals surface area (Å²) in [6.45, 7) is 0.568. The zero-order chi connectivity index (χ0) is 23.5. The number of benzene rings is 3. The lowest BCUT2D eigenvalue weighted by Crippen LogP contribution is -2.10. The molecule has 1 aliphatic heterocycles. The van der Waals surface area contributed by atoms with Crippen LogP contribution in [-0.4, -0.2) is 34.0 Å². The van der Waals surface area contributed by atoms with E-state index in [1.165, 1.54) is 7.11 Å². The number of rotatable bonds is 6. The summed E-state index contributed by atoms with van der Waals surface area (Å²) in [6.07, 6.45) is 3.29. The van der Waals surface area contributed by atoms with E-state index in [-0.39, 0.29) is 5.91 Å². The zero-order valence-corrected chi connectivity index (χ0v) is 18.4. The number of amides is 1. The molecule has 0 spiro atoms. The Morgan fingerprint density at radius 3 is 2.41 bits per heavy atom. The number of anilines is 2. The second-order valence-corrected chi connectivity index (χ2v) is 7.70. The average Bonchev–Trinajstić information content (AvgIpc) is 3.50. The van der Waals surface area contributed by atoms with E-state index in [1.54, 1.807) is 35.4 Å². The van der Waals surface area contributed by atoms with Crippen LogP contribution in [0.1, 0.15) is 27.0 Å². The summed E-state index contributed by atoms with van der Waals surface area (Å²) in [7, 11) is 1.33. The van der Waals surface area contributed by atoms with Crippen molar-refractivity contribution in [3.05, 3.63) is 107 Å². The minimum atomic E-state index is -0.457. The number of carbonyl (C=O) groups is 2. The normalized spacial score (nSPS) is 13.7. The van der Waals surface area contributed by atoms with Crippen LogP contribution in [0.5, 0.6) is 0 Å². The van der Waals surface area contributed by atoms with Crippen LogP contribution in [0.15, 0.2) is 85.2 Å². The number of hydrogen-bond acceptors (Lipinski definition) is 6. The van der Waals surface area contributed by atoms with Crippen molar-refractivity contribution in [2.24, 2.45) is 0 Å². The van der Waals surface area contributed by atoms with Crippen molar-refractivity contribution in [3.8, 4) is 0 Å². The fourth-order valence-electron chi connectivity index (χ4n) is 3.88. The lowest BCUT2D eigenvalue weighted by Gasteiger charge is -2.15. The van der Waals surface area contributed by atoms with Gasteiger partial charge in [-0.2, -0.15) is 15.0 Å². The van der Waals surface area contributed by atoms with Gasteiger partial charge in [0.05, 0.1) is 48.6 Å². The van der Waals surface area contributed by atoms with E-state index in [0.29, 0.717) is 34.6 Å². The van der Waals surface area contributed by atoms with Crippen LogP contribution in [0.3, 0.4) is 0 Å². The van der Waals surface area contributed by atoms with Gasteiger partial charge in [0, 0.05) is 11.3 Å². The molecule has 4 aromatic rings. The smallest absolute Gasteiger partial charge is 0.337 e. The van der Waals surface area contributed by atoms with E-state index in [4.69, 9.17) is 4.74 Å². The predicted molar refractivity (Wildman–Crippen MR) is 129 cm³/mol. The van der Waals surface area contributed by atoms with Gasteiger partial charge in [0.1, 0.15) is 0 Å². The molecule has 0 aliphatic carbocycles. The standard InChI is InChI=1S/C26H21N5O3/c1-34-26(33)19-9-12-21-22(15-19)30-25(32)23(21)24(18-5-3-2-4-6-18)29-20-10-7-17(8-11-20)16-31-27-13-14-28-31/h2-15,29H,16H2,1H3,(H,30,32). The van der Waals surface area contributed by atoms with E-state index < -0.39 is 5.97 Å². The Balaban J connectivity index is 1.53. The van der Waals surface area contributed by atoms with E-state index in [1.807, 2.05) is 54.6 Å². The first-order valence-corrected chi connectivity index (χ1v) is 10.7. The summed E-state index contributed by atoms with van der Waals surface area (Å²) in [5, 5.41) is 14.6. The summed E-state index contributed by atoms with van der Waals surface area (Å²) in [4.78, 5) is 26.6. The lowest BCUT2D eigenvalue weighted by molar-refractivity contribution is -0.110. The fraction of sp³-hybridized carbons (Fsp3) is 0.0769. The second kappa shape index (κ2) is 9.03. The van der Waals surface area contributed by atoms with Crippen LogP contribution in [0.4, 0.5) is 11.4 Å². The summed E-state index contributed by atoms with van der Waals surface area (Å²) in [6, 6.07) is 22.6. The molecule has 5 rings (SSSR count). The van der Waals surface area contributed by atoms with E-state index in [0.717, 1.165) is 16.8 Å². The minimum absolute atomic E-state index is 0.246. The van der Waals surface area contributed by atoms with E-state index >= 15 is 0 Å². The molecule has 0 fully saturated rings. The molecule has 0 unspecified atom stereocenters. The van der Waals surface area contributed by atoms with Crippen molar-refractivity contribution in [3.63, 3.8) is 0 Å². The van der Waals surface area contributed by atoms with Crippen molar-refractivity contribution in [2.45, 2.75) is 6.54 Å². The Kier molecular flexibility index (Phi) is 5.61. The van der Waals surface area contributed by atoms with Gasteiger partial charge < -0.3 is 15.4 Å². The third kappa shape index (κ3) is 4.16. The number of ether oxygens (including phenoxy) is 1. The summed E-state index contributed by atoms with van der Waals surface area (Å²) in [5.41, 5.74) is 5.57. The molecular formula is C26H21N5O3. The molecule has 34 heavy (non-hydrogen) atoms. The molecule has 8 nitrogen and oxygen atoms in total. The van der Waals surface area contributed by atoms with Crippen LogP contribution in [-0.2, 0) is 16.1 Å². The zero-order valence-electron chi connectivity index (χ0n) is 18.4. The van der Waals surface area contributed by atoms with Gasteiger partial charge in [-0.25, -0.2) is 4.79 Å². The minimum Gasteiger partial charge on any atom is -0.465 e. The first kappa shape index (κ1) is 21.1. The molecule has 1 amide bonds. The molecule has 1 aliphatic rings. The van der Waals surface area contributed by atoms with Crippen LogP contribution >= 0.6 is 0 Å². The highest BCUT2D eigenvalue weighted by molar-refractivity contribution is 6.37. The van der Waals surface area contributed by atoms with Crippen molar-refractivity contribution in [2.75, 3.05) is 17.7 Å². The molecule has 3 aromatic carbocycles. The number of esters is 1. The second-order valence-electron chi connectivity index (χ2n) is 7.70. The lowest BCUT2D eigenvalue weighted by atomic mass is 9.99. The first-order chi connectivity index (χ1) is 16.6. The monoisotopic (exact) mass is 451 g/mol. The fourth-order valence-corrected chi connectivity index (χ4v) is 3.88. The van der Waals surface area contributed by atoms with Gasteiger partial charge in [0.15, 0.2) is 0 Å². The molecule has 0 saturated carbocycles. The SMILES string of the molecule is COC(=O)c1ccc2c(c1)NC(=O)C2=C(Nc1ccc(Cn2nccn2)cc1)c1ccccc1. The van der Waals surface area contributed by atoms with E-state index in [2.05, 4.69) is 20.8 Å². The van der Waals surface area contributed by atoms with Gasteiger partial charge in [-0.15, -0.1) is 0 Å². The number of hydrogen-bond donors (Lipinski definition) is 2. The van der Waals surface area contributed by atoms with Gasteiger partial charge in [-0.05, 0) is 35.4 Å². The summed E-state index contributed by atoms with van der Waals surface area (Å²) >= 11 is 0. The van der Waals surface area contributed by atoms with Gasteiger partial charge in [0.2, 0.25) is 0 Å². The summed E-state index contributed by atoms with van der Waals surface area (Å²) < 4.78 is 4.80. The average molecular weight is 451 g/mol. The molecule has 0 radical (unpaired) electrons. The third-order valence-electron chi connectivity index (χ3n) is 5.51. The quantitative estimate of drug-likeness (QED) is 0.339. The largest absolute Gasteiger partial charge is 0.465 e. The molecule has 0 saturated heterocycles. The Morgan fingerprint density at radius 2 is 1.71 bits per heavy atom. The van der Waals surface area contributed by atoms with Crippen LogP contribution in [0.2, 0.25) is 0 Å². The Morgan fingerprint density at radius 1 is 0.971 bits per heavy atom. The van der Waals surface area contributed by atoms with Gasteiger partial charge in [0.25, 0.3) is 5.91 Å². The number of carbonyl (C=O) groups excluding carboxylic acids is 2. The maximum absolute atomic E-state index is 13.1. The molecule has 0 bridgehead atoms. The Bertz CT molecular complexity index is 1380. The number of nitrogens with one attached hydrogen (secondary N) is 2. The maximum Gasteiger partial charge on any atom is 0.337 e. The van der Waals surface area contributed by atoms with Crippen molar-refractivity contribution < 1.29 is 14.3 Å². The van der Waals surface area contributed by atoms with Gasteiger partial charge in [-0.3, -0.25) is 4.79 Å². The highest BCUT2D eigenvalue weighted by Gasteiger charge is 2.29. The molecule has 2 heterocycles. The molecule has 1 aromatic heterocycles. The number of nitrogens with zero attached hydrogens (tertiary/aromatic N) is 3. The van der Waals surface area contributed by atoms with Crippen molar-refractivity contribution in [1.82, 2.24) is 15.0 Å². The van der Waals surface area contributed by atoms with Crippen molar-refractivity contribution in [1.29, 1.82) is 0 Å². The van der Waals surface area contributed by atoms with E-state index in [9.17, 15) is 9.59 Å². The molecule has 2 N–H and O–H groups in total. The number of fused-ring (bicyclic) bond motifs is 1. The predicted octanol–water partition coefficient (Wildman–Crippen LogP) is 4.05. The highest BCUT2D eigenvalue weighted by Crippen LogP contribution is 2.38. The van der Waals surface area contributed by atoms with Gasteiger partial charge in [-0.1, -0.05) is 48.5 Å². The topological polar surface area (TPSA) is 98.1 Å².